The van der Waals surface area contributed by atoms with Gasteiger partial charge < -0.3 is 15.2 Å². The van der Waals surface area contributed by atoms with Crippen LogP contribution in [-0.4, -0.2) is 35.5 Å². The summed E-state index contributed by atoms with van der Waals surface area (Å²) < 4.78 is 5.24. The van der Waals surface area contributed by atoms with Crippen molar-refractivity contribution >= 4 is 23.4 Å². The Balaban J connectivity index is 2.08. The lowest BCUT2D eigenvalue weighted by Gasteiger charge is -2.33. The summed E-state index contributed by atoms with van der Waals surface area (Å²) in [5.74, 6) is 0. The van der Waals surface area contributed by atoms with Crippen LogP contribution >= 0.6 is 11.6 Å². The first-order valence-corrected chi connectivity index (χ1v) is 8.26. The molecule has 5 nitrogen and oxygen atoms in total. The molecule has 128 valence electrons. The molecule has 0 bridgehead atoms. The fourth-order valence-electron chi connectivity index (χ4n) is 2.67. The molecule has 3 N–H and O–H groups in total. The first kappa shape index (κ1) is 18.0. The average Bonchev–Trinajstić information content (AvgIpc) is 2.41. The van der Waals surface area contributed by atoms with Crippen LogP contribution in [0.2, 0.25) is 5.02 Å². The van der Waals surface area contributed by atoms with Gasteiger partial charge in [-0.25, -0.2) is 4.79 Å². The molecule has 0 aromatic heterocycles. The summed E-state index contributed by atoms with van der Waals surface area (Å²) in [6, 6.07) is 5.24. The van der Waals surface area contributed by atoms with Gasteiger partial charge in [0, 0.05) is 23.7 Å². The number of halogens is 1. The third-order valence-electron chi connectivity index (χ3n) is 3.66. The molecule has 1 heterocycles. The number of anilines is 1. The molecule has 1 unspecified atom stereocenters. The van der Waals surface area contributed by atoms with Gasteiger partial charge in [-0.05, 0) is 63.9 Å². The normalized spacial score (nSPS) is 21.8. The van der Waals surface area contributed by atoms with E-state index in [1.54, 1.807) is 18.2 Å². The Morgan fingerprint density at radius 3 is 2.83 bits per heavy atom. The van der Waals surface area contributed by atoms with E-state index in [0.717, 1.165) is 24.9 Å². The van der Waals surface area contributed by atoms with Crippen molar-refractivity contribution in [2.45, 2.75) is 51.2 Å². The van der Waals surface area contributed by atoms with E-state index in [1.807, 2.05) is 20.8 Å². The van der Waals surface area contributed by atoms with Gasteiger partial charge in [-0.15, -0.1) is 0 Å². The van der Waals surface area contributed by atoms with Crippen molar-refractivity contribution < 1.29 is 14.6 Å². The van der Waals surface area contributed by atoms with Gasteiger partial charge in [0.05, 0.1) is 5.60 Å². The maximum absolute atomic E-state index is 11.9. The summed E-state index contributed by atoms with van der Waals surface area (Å²) in [4.78, 5) is 11.9. The van der Waals surface area contributed by atoms with E-state index < -0.39 is 17.3 Å². The maximum Gasteiger partial charge on any atom is 0.412 e. The van der Waals surface area contributed by atoms with E-state index in [4.69, 9.17) is 16.3 Å². The Kier molecular flexibility index (Phi) is 5.55. The van der Waals surface area contributed by atoms with E-state index in [0.29, 0.717) is 23.7 Å². The third-order valence-corrected chi connectivity index (χ3v) is 4.03. The lowest BCUT2D eigenvalue weighted by atomic mass is 9.87. The van der Waals surface area contributed by atoms with Crippen molar-refractivity contribution in [1.29, 1.82) is 0 Å². The van der Waals surface area contributed by atoms with E-state index >= 15 is 0 Å². The highest BCUT2D eigenvalue weighted by atomic mass is 35.5. The molecule has 0 aliphatic carbocycles. The Labute approximate surface area is 142 Å². The third kappa shape index (κ3) is 5.68. The summed E-state index contributed by atoms with van der Waals surface area (Å²) >= 11 is 6.24. The number of carbonyl (C=O) groups is 1. The minimum absolute atomic E-state index is 0.447. The molecule has 0 radical (unpaired) electrons. The van der Waals surface area contributed by atoms with Crippen LogP contribution in [0, 0.1) is 0 Å². The van der Waals surface area contributed by atoms with Crippen LogP contribution in [0.1, 0.15) is 39.2 Å². The summed E-state index contributed by atoms with van der Waals surface area (Å²) in [7, 11) is 0. The highest BCUT2D eigenvalue weighted by molar-refractivity contribution is 6.31. The number of piperidine rings is 1. The second-order valence-electron chi connectivity index (χ2n) is 7.11. The summed E-state index contributed by atoms with van der Waals surface area (Å²) in [6.07, 6.45) is 1.61. The molecule has 1 fully saturated rings. The number of amides is 1. The molecule has 1 atom stereocenters. The van der Waals surface area contributed by atoms with E-state index in [1.165, 1.54) is 0 Å². The molecule has 23 heavy (non-hydrogen) atoms. The number of hydrogen-bond donors (Lipinski definition) is 3. The SMILES string of the molecule is CC(C)(C)OC(=O)Nc1ccc(Cl)c(CC2(O)CCCNC2)c1. The minimum atomic E-state index is -0.799. The first-order chi connectivity index (χ1) is 10.7. The Morgan fingerprint density at radius 1 is 1.48 bits per heavy atom. The molecule has 1 aliphatic heterocycles. The monoisotopic (exact) mass is 340 g/mol. The second kappa shape index (κ2) is 7.07. The zero-order valence-electron chi connectivity index (χ0n) is 13.9. The van der Waals surface area contributed by atoms with Gasteiger partial charge in [0.2, 0.25) is 0 Å². The fraction of sp³-hybridized carbons (Fsp3) is 0.588. The highest BCUT2D eigenvalue weighted by Gasteiger charge is 2.30. The number of carbonyl (C=O) groups excluding carboxylic acids is 1. The van der Waals surface area contributed by atoms with Crippen LogP contribution in [-0.2, 0) is 11.2 Å². The number of aliphatic hydroxyl groups is 1. The molecule has 0 saturated carbocycles. The Morgan fingerprint density at radius 2 is 2.22 bits per heavy atom. The number of nitrogens with one attached hydrogen (secondary N) is 2. The number of hydrogen-bond acceptors (Lipinski definition) is 4. The predicted octanol–water partition coefficient (Wildman–Crippen LogP) is 3.34. The molecular weight excluding hydrogens is 316 g/mol. The molecule has 1 saturated heterocycles. The molecule has 1 aromatic carbocycles. The largest absolute Gasteiger partial charge is 0.444 e. The fourth-order valence-corrected chi connectivity index (χ4v) is 2.85. The average molecular weight is 341 g/mol. The van der Waals surface area contributed by atoms with Gasteiger partial charge in [-0.2, -0.15) is 0 Å². The van der Waals surface area contributed by atoms with Crippen LogP contribution in [0.25, 0.3) is 0 Å². The molecule has 1 aromatic rings. The number of benzene rings is 1. The summed E-state index contributed by atoms with van der Waals surface area (Å²) in [5.41, 5.74) is 0.0618. The van der Waals surface area contributed by atoms with E-state index in [-0.39, 0.29) is 0 Å². The van der Waals surface area contributed by atoms with E-state index in [2.05, 4.69) is 10.6 Å². The first-order valence-electron chi connectivity index (χ1n) is 7.88. The van der Waals surface area contributed by atoms with Gasteiger partial charge in [0.1, 0.15) is 5.60 Å². The van der Waals surface area contributed by atoms with Crippen molar-refractivity contribution in [3.63, 3.8) is 0 Å². The van der Waals surface area contributed by atoms with Crippen LogP contribution in [0.4, 0.5) is 10.5 Å². The van der Waals surface area contributed by atoms with Gasteiger partial charge in [0.15, 0.2) is 0 Å². The highest BCUT2D eigenvalue weighted by Crippen LogP contribution is 2.28. The smallest absolute Gasteiger partial charge is 0.412 e. The van der Waals surface area contributed by atoms with Gasteiger partial charge in [-0.1, -0.05) is 11.6 Å². The van der Waals surface area contributed by atoms with Gasteiger partial charge in [0.25, 0.3) is 0 Å². The van der Waals surface area contributed by atoms with Crippen molar-refractivity contribution in [3.05, 3.63) is 28.8 Å². The zero-order chi connectivity index (χ0) is 17.1. The zero-order valence-corrected chi connectivity index (χ0v) is 14.7. The van der Waals surface area contributed by atoms with E-state index in [9.17, 15) is 9.90 Å². The molecule has 1 amide bonds. The molecule has 0 spiro atoms. The predicted molar refractivity (Wildman–Crippen MR) is 92.1 cm³/mol. The van der Waals surface area contributed by atoms with Crippen molar-refractivity contribution in [1.82, 2.24) is 5.32 Å². The van der Waals surface area contributed by atoms with Crippen LogP contribution in [0.5, 0.6) is 0 Å². The van der Waals surface area contributed by atoms with Crippen molar-refractivity contribution in [2.24, 2.45) is 0 Å². The van der Waals surface area contributed by atoms with Crippen LogP contribution < -0.4 is 10.6 Å². The standard InChI is InChI=1S/C17H25ClN2O3/c1-16(2,3)23-15(21)20-13-5-6-14(18)12(9-13)10-17(22)7-4-8-19-11-17/h5-6,9,19,22H,4,7-8,10-11H2,1-3H3,(H,20,21). The molecule has 2 rings (SSSR count). The van der Waals surface area contributed by atoms with Crippen molar-refractivity contribution in [3.8, 4) is 0 Å². The number of rotatable bonds is 3. The molecular formula is C17H25ClN2O3. The minimum Gasteiger partial charge on any atom is -0.444 e. The Bertz CT molecular complexity index is 563. The lowest BCUT2D eigenvalue weighted by molar-refractivity contribution is 0.0170. The number of ether oxygens (including phenoxy) is 1. The topological polar surface area (TPSA) is 70.6 Å². The van der Waals surface area contributed by atoms with Crippen LogP contribution in [0.15, 0.2) is 18.2 Å². The number of β-amino-alcohol motifs (C(OH)–C–C–N with tert-alkyl or cyclic N) is 1. The summed E-state index contributed by atoms with van der Waals surface area (Å²) in [5, 5.41) is 17.1. The molecule has 6 heteroatoms. The van der Waals surface area contributed by atoms with Gasteiger partial charge in [-0.3, -0.25) is 5.32 Å². The summed E-state index contributed by atoms with van der Waals surface area (Å²) in [6.45, 7) is 6.91. The Hall–Kier alpha value is -1.30. The molecule has 1 aliphatic rings. The van der Waals surface area contributed by atoms with Crippen LogP contribution in [0.3, 0.4) is 0 Å². The lowest BCUT2D eigenvalue weighted by Crippen LogP contribution is -2.47. The quantitative estimate of drug-likeness (QED) is 0.789. The van der Waals surface area contributed by atoms with Gasteiger partial charge >= 0.3 is 6.09 Å². The second-order valence-corrected chi connectivity index (χ2v) is 7.52. The van der Waals surface area contributed by atoms with Crippen molar-refractivity contribution in [2.75, 3.05) is 18.4 Å². The maximum atomic E-state index is 11.9.